The van der Waals surface area contributed by atoms with Crippen LogP contribution in [0.2, 0.25) is 0 Å². The molecule has 1 aliphatic heterocycles. The van der Waals surface area contributed by atoms with Crippen molar-refractivity contribution in [1.82, 2.24) is 19.9 Å². The zero-order chi connectivity index (χ0) is 14.8. The molecule has 1 fully saturated rings. The molecule has 3 heterocycles. The predicted molar refractivity (Wildman–Crippen MR) is 82.4 cm³/mol. The lowest BCUT2D eigenvalue weighted by Crippen LogP contribution is -2.25. The summed E-state index contributed by atoms with van der Waals surface area (Å²) in [6.45, 7) is 2.98. The number of aryl methyl sites for hydroxylation is 1. The summed E-state index contributed by atoms with van der Waals surface area (Å²) < 4.78 is 0. The van der Waals surface area contributed by atoms with E-state index in [1.54, 1.807) is 12.5 Å². The molecule has 2 aromatic heterocycles. The molecule has 0 aromatic carbocycles. The van der Waals surface area contributed by atoms with E-state index in [1.807, 2.05) is 38.2 Å². The molecule has 0 saturated carbocycles. The third-order valence-electron chi connectivity index (χ3n) is 3.78. The first-order valence-electron chi connectivity index (χ1n) is 7.19. The summed E-state index contributed by atoms with van der Waals surface area (Å²) in [6.07, 6.45) is 7.50. The van der Waals surface area contributed by atoms with Gasteiger partial charge in [-0.2, -0.15) is 0 Å². The van der Waals surface area contributed by atoms with Crippen molar-refractivity contribution in [2.45, 2.75) is 25.8 Å². The molecule has 2 aromatic rings. The summed E-state index contributed by atoms with van der Waals surface area (Å²) >= 11 is 0. The van der Waals surface area contributed by atoms with Crippen LogP contribution >= 0.6 is 0 Å². The van der Waals surface area contributed by atoms with E-state index in [9.17, 15) is 0 Å². The molecule has 0 unspecified atom stereocenters. The zero-order valence-electron chi connectivity index (χ0n) is 12.7. The van der Waals surface area contributed by atoms with Gasteiger partial charge in [-0.3, -0.25) is 4.98 Å². The van der Waals surface area contributed by atoms with Crippen LogP contribution in [0.5, 0.6) is 0 Å². The van der Waals surface area contributed by atoms with E-state index in [0.717, 1.165) is 42.4 Å². The lowest BCUT2D eigenvalue weighted by Gasteiger charge is -2.25. The second kappa shape index (κ2) is 5.63. The molecule has 0 amide bonds. The molecule has 0 bridgehead atoms. The van der Waals surface area contributed by atoms with Crippen LogP contribution in [-0.4, -0.2) is 40.6 Å². The van der Waals surface area contributed by atoms with Gasteiger partial charge < -0.3 is 9.80 Å². The Hall–Kier alpha value is -2.24. The minimum atomic E-state index is 0.242. The van der Waals surface area contributed by atoms with Gasteiger partial charge >= 0.3 is 0 Å². The highest BCUT2D eigenvalue weighted by Crippen LogP contribution is 2.34. The SMILES string of the molecule is Cc1cc(N2CCC[C@@H]2c2cncc(N(C)C)n2)ncn1. The van der Waals surface area contributed by atoms with Gasteiger partial charge in [-0.15, -0.1) is 0 Å². The van der Waals surface area contributed by atoms with Crippen LogP contribution in [0.4, 0.5) is 11.6 Å². The van der Waals surface area contributed by atoms with E-state index >= 15 is 0 Å². The Morgan fingerprint density at radius 3 is 2.86 bits per heavy atom. The lowest BCUT2D eigenvalue weighted by atomic mass is 10.1. The monoisotopic (exact) mass is 284 g/mol. The van der Waals surface area contributed by atoms with Gasteiger partial charge in [-0.1, -0.05) is 0 Å². The Balaban J connectivity index is 1.92. The number of rotatable bonds is 3. The van der Waals surface area contributed by atoms with Gasteiger partial charge in [0.1, 0.15) is 18.0 Å². The molecule has 3 rings (SSSR count). The minimum Gasteiger partial charge on any atom is -0.361 e. The van der Waals surface area contributed by atoms with E-state index in [2.05, 4.69) is 19.9 Å². The summed E-state index contributed by atoms with van der Waals surface area (Å²) in [5.41, 5.74) is 1.99. The van der Waals surface area contributed by atoms with Gasteiger partial charge in [0, 0.05) is 32.4 Å². The number of aromatic nitrogens is 4. The topological polar surface area (TPSA) is 58.0 Å². The average molecular weight is 284 g/mol. The Bertz CT molecular complexity index is 627. The van der Waals surface area contributed by atoms with Crippen molar-refractivity contribution in [3.8, 4) is 0 Å². The summed E-state index contributed by atoms with van der Waals surface area (Å²) in [7, 11) is 3.96. The molecule has 6 heteroatoms. The minimum absolute atomic E-state index is 0.242. The van der Waals surface area contributed by atoms with Crippen LogP contribution < -0.4 is 9.80 Å². The van der Waals surface area contributed by atoms with Crippen molar-refractivity contribution in [3.63, 3.8) is 0 Å². The fourth-order valence-electron chi connectivity index (χ4n) is 2.69. The molecule has 6 nitrogen and oxygen atoms in total. The fourth-order valence-corrected chi connectivity index (χ4v) is 2.69. The first-order chi connectivity index (χ1) is 10.1. The van der Waals surface area contributed by atoms with Crippen molar-refractivity contribution in [1.29, 1.82) is 0 Å². The molecule has 0 radical (unpaired) electrons. The standard InChI is InChI=1S/C15H20N6/c1-11-7-14(18-10-17-11)21-6-4-5-13(21)12-8-16-9-15(19-12)20(2)3/h7-10,13H,4-6H2,1-3H3/t13-/m1/s1. The second-order valence-corrected chi connectivity index (χ2v) is 5.57. The maximum atomic E-state index is 4.73. The van der Waals surface area contributed by atoms with E-state index in [-0.39, 0.29) is 6.04 Å². The highest BCUT2D eigenvalue weighted by Gasteiger charge is 2.28. The highest BCUT2D eigenvalue weighted by atomic mass is 15.2. The van der Waals surface area contributed by atoms with Crippen molar-refractivity contribution in [3.05, 3.63) is 36.2 Å². The Morgan fingerprint density at radius 1 is 1.24 bits per heavy atom. The smallest absolute Gasteiger partial charge is 0.146 e. The molecule has 21 heavy (non-hydrogen) atoms. The van der Waals surface area contributed by atoms with Gasteiger partial charge in [-0.25, -0.2) is 15.0 Å². The first kappa shape index (κ1) is 13.7. The van der Waals surface area contributed by atoms with Gasteiger partial charge in [0.25, 0.3) is 0 Å². The summed E-state index contributed by atoms with van der Waals surface area (Å²) in [6, 6.07) is 2.27. The predicted octanol–water partition coefficient (Wildman–Crippen LogP) is 1.98. The van der Waals surface area contributed by atoms with Gasteiger partial charge in [0.15, 0.2) is 0 Å². The molecule has 0 aliphatic carbocycles. The summed E-state index contributed by atoms with van der Waals surface area (Å²) in [5.74, 6) is 1.86. The van der Waals surface area contributed by atoms with Crippen molar-refractivity contribution in [2.24, 2.45) is 0 Å². The van der Waals surface area contributed by atoms with Crippen molar-refractivity contribution < 1.29 is 0 Å². The summed E-state index contributed by atoms with van der Waals surface area (Å²) in [5, 5.41) is 0. The molecular formula is C15H20N6. The van der Waals surface area contributed by atoms with Crippen molar-refractivity contribution >= 4 is 11.6 Å². The average Bonchev–Trinajstić information content (AvgIpc) is 2.97. The van der Waals surface area contributed by atoms with Crippen LogP contribution in [0.3, 0.4) is 0 Å². The molecule has 0 N–H and O–H groups in total. The largest absolute Gasteiger partial charge is 0.361 e. The quantitative estimate of drug-likeness (QED) is 0.859. The van der Waals surface area contributed by atoms with Crippen molar-refractivity contribution in [2.75, 3.05) is 30.4 Å². The normalized spacial score (nSPS) is 18.0. The van der Waals surface area contributed by atoms with Gasteiger partial charge in [-0.05, 0) is 19.8 Å². The van der Waals surface area contributed by atoms with Gasteiger partial charge in [0.2, 0.25) is 0 Å². The maximum Gasteiger partial charge on any atom is 0.146 e. The highest BCUT2D eigenvalue weighted by molar-refractivity contribution is 5.44. The molecule has 1 saturated heterocycles. The molecule has 1 atom stereocenters. The molecule has 1 aliphatic rings. The Morgan fingerprint density at radius 2 is 2.10 bits per heavy atom. The molecule has 110 valence electrons. The maximum absolute atomic E-state index is 4.73. The first-order valence-corrected chi connectivity index (χ1v) is 7.19. The Labute approximate surface area is 124 Å². The number of anilines is 2. The van der Waals surface area contributed by atoms with E-state index in [4.69, 9.17) is 4.98 Å². The van der Waals surface area contributed by atoms with Crippen LogP contribution in [0.25, 0.3) is 0 Å². The summed E-state index contributed by atoms with van der Waals surface area (Å²) in [4.78, 5) is 21.9. The van der Waals surface area contributed by atoms with Crippen LogP contribution in [0.15, 0.2) is 24.8 Å². The second-order valence-electron chi connectivity index (χ2n) is 5.57. The van der Waals surface area contributed by atoms with Crippen LogP contribution in [-0.2, 0) is 0 Å². The van der Waals surface area contributed by atoms with E-state index < -0.39 is 0 Å². The third-order valence-corrected chi connectivity index (χ3v) is 3.78. The van der Waals surface area contributed by atoms with Crippen LogP contribution in [0.1, 0.15) is 30.3 Å². The number of nitrogens with zero attached hydrogens (tertiary/aromatic N) is 6. The molecular weight excluding hydrogens is 264 g/mol. The zero-order valence-corrected chi connectivity index (χ0v) is 12.7. The van der Waals surface area contributed by atoms with E-state index in [1.165, 1.54) is 0 Å². The third kappa shape index (κ3) is 2.79. The Kier molecular flexibility index (Phi) is 3.68. The fraction of sp³-hybridized carbons (Fsp3) is 0.467. The van der Waals surface area contributed by atoms with E-state index in [0.29, 0.717) is 0 Å². The van der Waals surface area contributed by atoms with Crippen LogP contribution in [0, 0.1) is 6.92 Å². The molecule has 0 spiro atoms. The number of hydrogen-bond acceptors (Lipinski definition) is 6. The lowest BCUT2D eigenvalue weighted by molar-refractivity contribution is 0.680. The number of hydrogen-bond donors (Lipinski definition) is 0. The van der Waals surface area contributed by atoms with Gasteiger partial charge in [0.05, 0.1) is 24.1 Å².